The van der Waals surface area contributed by atoms with Crippen LogP contribution in [0.5, 0.6) is 0 Å². The first-order chi connectivity index (χ1) is 35.1. The number of fused-ring (bicyclic) bond motifs is 2. The van der Waals surface area contributed by atoms with Gasteiger partial charge in [0, 0.05) is 50.0 Å². The number of nitrogens with one attached hydrogen (secondary N) is 3. The summed E-state index contributed by atoms with van der Waals surface area (Å²) in [6.45, 7) is 6.86. The van der Waals surface area contributed by atoms with Crippen molar-refractivity contribution in [2.24, 2.45) is 0 Å². The molecule has 9 amide bonds. The fraction of sp³-hybridized carbons (Fsp3) is 0.269. The molecular weight excluding hydrogens is 996 g/mol. The van der Waals surface area contributed by atoms with Gasteiger partial charge in [0.15, 0.2) is 11.6 Å². The molecule has 4 heterocycles. The number of nitrogens with zero attached hydrogens (tertiary/aromatic N) is 5. The fourth-order valence-corrected chi connectivity index (χ4v) is 10.2. The maximum absolute atomic E-state index is 14.0. The van der Waals surface area contributed by atoms with Crippen LogP contribution in [0.4, 0.5) is 38.0 Å². The molecule has 0 radical (unpaired) electrons. The second-order valence-corrected chi connectivity index (χ2v) is 20.3. The molecule has 0 bridgehead atoms. The molecule has 3 unspecified atom stereocenters. The van der Waals surface area contributed by atoms with Gasteiger partial charge >= 0.3 is 12.1 Å². The molecule has 0 saturated carbocycles. The van der Waals surface area contributed by atoms with E-state index in [2.05, 4.69) is 15.4 Å². The molecule has 20 nitrogen and oxygen atoms in total. The van der Waals surface area contributed by atoms with Crippen molar-refractivity contribution in [2.45, 2.75) is 69.3 Å². The Morgan fingerprint density at radius 3 is 1.80 bits per heavy atom. The molecule has 5 aromatic carbocycles. The lowest BCUT2D eigenvalue weighted by molar-refractivity contribution is -0.146. The summed E-state index contributed by atoms with van der Waals surface area (Å²) in [4.78, 5) is 112. The van der Waals surface area contributed by atoms with Gasteiger partial charge in [-0.1, -0.05) is 78.3 Å². The summed E-state index contributed by atoms with van der Waals surface area (Å²) in [5, 5.41) is 5.46. The van der Waals surface area contributed by atoms with Crippen LogP contribution in [0, 0.1) is 13.8 Å². The zero-order valence-electron chi connectivity index (χ0n) is 41.0. The van der Waals surface area contributed by atoms with E-state index in [9.17, 15) is 46.8 Å². The van der Waals surface area contributed by atoms with Gasteiger partial charge in [0.25, 0.3) is 45.5 Å². The minimum absolute atomic E-state index is 0.0892. The predicted molar refractivity (Wildman–Crippen MR) is 273 cm³/mol. The van der Waals surface area contributed by atoms with Crippen molar-refractivity contribution in [3.63, 3.8) is 0 Å². The minimum atomic E-state index is -4.04. The van der Waals surface area contributed by atoms with Crippen LogP contribution < -0.4 is 25.2 Å². The van der Waals surface area contributed by atoms with E-state index in [0.29, 0.717) is 51.8 Å². The van der Waals surface area contributed by atoms with Crippen molar-refractivity contribution in [1.29, 1.82) is 0 Å². The Bertz CT molecular complexity index is 3250. The molecule has 0 spiro atoms. The van der Waals surface area contributed by atoms with Crippen LogP contribution in [0.25, 0.3) is 0 Å². The highest BCUT2D eigenvalue weighted by molar-refractivity contribution is 7.92. The lowest BCUT2D eigenvalue weighted by Gasteiger charge is -2.28. The number of halogens is 1. The maximum atomic E-state index is 14.0. The van der Waals surface area contributed by atoms with Gasteiger partial charge in [-0.3, -0.25) is 38.4 Å². The molecule has 2 fully saturated rings. The molecule has 2 saturated heterocycles. The third-order valence-corrected chi connectivity index (χ3v) is 14.5. The molecule has 5 aromatic rings. The number of anilines is 5. The normalized spacial score (nSPS) is 17.5. The summed E-state index contributed by atoms with van der Waals surface area (Å²) in [6, 6.07) is 27.4. The third kappa shape index (κ3) is 10.1. The van der Waals surface area contributed by atoms with Gasteiger partial charge in [-0.05, 0) is 111 Å². The highest BCUT2D eigenvalue weighted by Crippen LogP contribution is 2.34. The van der Waals surface area contributed by atoms with E-state index >= 15 is 0 Å². The lowest BCUT2D eigenvalue weighted by atomic mass is 10.1. The number of benzene rings is 5. The molecule has 384 valence electrons. The first-order valence-corrected chi connectivity index (χ1v) is 25.0. The van der Waals surface area contributed by atoms with Gasteiger partial charge < -0.3 is 29.9 Å². The Morgan fingerprint density at radius 2 is 1.26 bits per heavy atom. The SMILES string of the molecule is COC1C(=O)N(C(C(=O)Nc2cc(S(=O)(=O)Nc3ccccc3)ccc2C)C(=O)N2CCc3ccccc32)C(=O)N1C.Cc1ccc(Cl)c(NC(=O)C(C(=O)N2CCc3ccccc32)N2C(=O)OC(C)(C)C2=O)c1. The smallest absolute Gasteiger partial charge is 0.418 e. The summed E-state index contributed by atoms with van der Waals surface area (Å²) in [7, 11) is -1.47. The molecule has 3 atom stereocenters. The number of para-hydroxylation sites is 3. The van der Waals surface area contributed by atoms with Crippen LogP contribution in [0.1, 0.15) is 36.1 Å². The van der Waals surface area contributed by atoms with Crippen LogP contribution >= 0.6 is 11.6 Å². The number of aryl methyl sites for hydroxylation is 2. The Balaban J connectivity index is 0.000000204. The Labute approximate surface area is 431 Å². The molecule has 74 heavy (non-hydrogen) atoms. The summed E-state index contributed by atoms with van der Waals surface area (Å²) in [5.41, 5.74) is 3.60. The minimum Gasteiger partial charge on any atom is -0.433 e. The van der Waals surface area contributed by atoms with Gasteiger partial charge in [-0.2, -0.15) is 0 Å². The number of ether oxygens (including phenoxy) is 2. The number of rotatable bonds is 12. The molecule has 4 aliphatic rings. The average Bonchev–Trinajstić information content (AvgIpc) is 4.10. The largest absolute Gasteiger partial charge is 0.433 e. The third-order valence-electron chi connectivity index (χ3n) is 12.8. The van der Waals surface area contributed by atoms with Crippen LogP contribution in [0.3, 0.4) is 0 Å². The van der Waals surface area contributed by atoms with E-state index in [4.69, 9.17) is 21.1 Å². The van der Waals surface area contributed by atoms with Gasteiger partial charge in [0.05, 0.1) is 15.6 Å². The standard InChI is InChI=1S/C29H29N5O7S.C23H22ClN3O5/c1-18-13-14-21(42(39,40)31-20-10-5-4-6-11-20)17-22(18)30-25(35)24(34-27(37)28(41-3)32(2)29(34)38)26(36)33-16-15-19-9-7-8-12-23(19)33;1-13-8-9-15(24)16(12-13)25-19(28)18(27-21(30)23(2,3)32-22(27)31)20(29)26-11-10-14-6-4-5-7-17(14)26/h4-14,17,24,28,31H,15-16H2,1-3H3,(H,30,35);4-9,12,18H,10-11H2,1-3H3,(H,25,28). The number of sulfonamides is 1. The van der Waals surface area contributed by atoms with Crippen molar-refractivity contribution in [1.82, 2.24) is 14.7 Å². The second-order valence-electron chi connectivity index (χ2n) is 18.2. The zero-order chi connectivity index (χ0) is 53.4. The summed E-state index contributed by atoms with van der Waals surface area (Å²) in [5.74, 6) is -4.94. The Morgan fingerprint density at radius 1 is 0.716 bits per heavy atom. The summed E-state index contributed by atoms with van der Waals surface area (Å²) in [6.07, 6.45) is -1.22. The first-order valence-electron chi connectivity index (χ1n) is 23.2. The van der Waals surface area contributed by atoms with Gasteiger partial charge in [0.2, 0.25) is 12.3 Å². The molecule has 22 heteroatoms. The van der Waals surface area contributed by atoms with E-state index in [0.717, 1.165) is 21.6 Å². The van der Waals surface area contributed by atoms with Gasteiger partial charge in [0.1, 0.15) is 0 Å². The number of urea groups is 1. The fourth-order valence-electron chi connectivity index (χ4n) is 8.92. The highest BCUT2D eigenvalue weighted by atomic mass is 35.5. The van der Waals surface area contributed by atoms with Crippen molar-refractivity contribution < 1.29 is 56.2 Å². The Kier molecular flexibility index (Phi) is 14.6. The number of likely N-dealkylation sites (N-methyl/N-ethyl adjacent to an activating group) is 1. The molecule has 0 aromatic heterocycles. The first kappa shape index (κ1) is 52.2. The van der Waals surface area contributed by atoms with E-state index in [1.807, 2.05) is 31.2 Å². The van der Waals surface area contributed by atoms with Crippen LogP contribution in [-0.4, -0.2) is 122 Å². The number of methoxy groups -OCH3 is 1. The molecule has 0 aliphatic carbocycles. The molecular formula is C52H51ClN8O12S. The molecule has 3 N–H and O–H groups in total. The molecule has 9 rings (SSSR count). The van der Waals surface area contributed by atoms with Crippen molar-refractivity contribution in [2.75, 3.05) is 52.4 Å². The van der Waals surface area contributed by atoms with E-state index in [1.165, 1.54) is 56.0 Å². The van der Waals surface area contributed by atoms with E-state index in [-0.39, 0.29) is 27.8 Å². The predicted octanol–water partition coefficient (Wildman–Crippen LogP) is 5.86. The van der Waals surface area contributed by atoms with E-state index < -0.39 is 81.5 Å². The highest BCUT2D eigenvalue weighted by Gasteiger charge is 2.56. The number of amides is 9. The summed E-state index contributed by atoms with van der Waals surface area (Å²) >= 11 is 6.20. The van der Waals surface area contributed by atoms with Crippen molar-refractivity contribution in [3.8, 4) is 0 Å². The zero-order valence-corrected chi connectivity index (χ0v) is 42.5. The van der Waals surface area contributed by atoms with Crippen LogP contribution in [0.15, 0.2) is 120 Å². The number of hydrogen-bond acceptors (Lipinski definition) is 12. The molecule has 4 aliphatic heterocycles. The number of cyclic esters (lactones) is 1. The number of imide groups is 2. The monoisotopic (exact) mass is 1050 g/mol. The van der Waals surface area contributed by atoms with Gasteiger partial charge in [-0.15, -0.1) is 0 Å². The number of hydrogen-bond donors (Lipinski definition) is 3. The number of carbonyl (C=O) groups excluding carboxylic acids is 8. The van der Waals surface area contributed by atoms with Crippen molar-refractivity contribution in [3.05, 3.63) is 143 Å². The van der Waals surface area contributed by atoms with Crippen LogP contribution in [0.2, 0.25) is 5.02 Å². The lowest BCUT2D eigenvalue weighted by Crippen LogP contribution is -2.57. The summed E-state index contributed by atoms with van der Waals surface area (Å²) < 4.78 is 38.9. The Hall–Kier alpha value is -8.14. The topological polar surface area (TPSA) is 241 Å². The van der Waals surface area contributed by atoms with Crippen LogP contribution in [-0.2, 0) is 61.1 Å². The quantitative estimate of drug-likeness (QED) is 0.0984. The van der Waals surface area contributed by atoms with Crippen molar-refractivity contribution >= 4 is 97.6 Å². The van der Waals surface area contributed by atoms with Gasteiger partial charge in [-0.25, -0.2) is 27.8 Å². The van der Waals surface area contributed by atoms with E-state index in [1.54, 1.807) is 79.7 Å². The maximum Gasteiger partial charge on any atom is 0.418 e. The average molecular weight is 1050 g/mol. The second kappa shape index (κ2) is 20.8. The number of carbonyl (C=O) groups is 8.